The summed E-state index contributed by atoms with van der Waals surface area (Å²) in [5.41, 5.74) is 1.15. The molecule has 3 rings (SSSR count). The van der Waals surface area contributed by atoms with Crippen LogP contribution < -0.4 is 10.0 Å². The first-order chi connectivity index (χ1) is 13.9. The number of carbonyl (C=O) groups is 2. The van der Waals surface area contributed by atoms with Crippen molar-refractivity contribution in [1.82, 2.24) is 9.62 Å². The van der Waals surface area contributed by atoms with Crippen LogP contribution in [0.3, 0.4) is 0 Å². The van der Waals surface area contributed by atoms with Crippen LogP contribution in [0.25, 0.3) is 0 Å². The van der Waals surface area contributed by atoms with Crippen molar-refractivity contribution < 1.29 is 22.4 Å². The molecular formula is C20H23N3O5S. The Bertz CT molecular complexity index is 968. The zero-order chi connectivity index (χ0) is 20.9. The molecule has 29 heavy (non-hydrogen) atoms. The molecule has 0 aliphatic carbocycles. The molecule has 1 aromatic heterocycles. The molecule has 8 nitrogen and oxygen atoms in total. The monoisotopic (exact) mass is 417 g/mol. The summed E-state index contributed by atoms with van der Waals surface area (Å²) in [6.07, 6.45) is 3.17. The van der Waals surface area contributed by atoms with Gasteiger partial charge in [0.05, 0.1) is 24.5 Å². The van der Waals surface area contributed by atoms with Gasteiger partial charge in [0, 0.05) is 25.2 Å². The molecule has 1 aromatic carbocycles. The van der Waals surface area contributed by atoms with E-state index in [2.05, 4.69) is 16.6 Å². The second-order valence-electron chi connectivity index (χ2n) is 6.84. The lowest BCUT2D eigenvalue weighted by Crippen LogP contribution is -2.28. The third kappa shape index (κ3) is 5.78. The highest BCUT2D eigenvalue weighted by Crippen LogP contribution is 2.22. The molecule has 1 aliphatic heterocycles. The second-order valence-corrected chi connectivity index (χ2v) is 8.64. The Hall–Kier alpha value is -2.91. The number of benzene rings is 1. The molecular weight excluding hydrogens is 394 g/mol. The van der Waals surface area contributed by atoms with Gasteiger partial charge >= 0.3 is 0 Å². The summed E-state index contributed by atoms with van der Waals surface area (Å²) >= 11 is 0. The van der Waals surface area contributed by atoms with Gasteiger partial charge < -0.3 is 14.6 Å². The molecule has 1 unspecified atom stereocenters. The molecule has 0 bridgehead atoms. The summed E-state index contributed by atoms with van der Waals surface area (Å²) in [4.78, 5) is 26.3. The van der Waals surface area contributed by atoms with E-state index < -0.39 is 15.9 Å². The lowest BCUT2D eigenvalue weighted by molar-refractivity contribution is -0.128. The number of anilines is 1. The lowest BCUT2D eigenvalue weighted by atomic mass is 10.1. The van der Waals surface area contributed by atoms with E-state index in [1.807, 2.05) is 0 Å². The first-order valence-corrected chi connectivity index (χ1v) is 10.8. The minimum atomic E-state index is -3.44. The third-order valence-electron chi connectivity index (χ3n) is 4.54. The van der Waals surface area contributed by atoms with E-state index in [-0.39, 0.29) is 30.5 Å². The standard InChI is InChI=1S/C20H23N3O5S/c1-2-9-21-29(26,27)14-15-5-7-17(8-6-15)22-20(25)16-11-19(24)23(12-16)13-18-4-3-10-28-18/h2-8,10,16,21H,1,9,11-14H2,(H,22,25). The van der Waals surface area contributed by atoms with Crippen molar-refractivity contribution >= 4 is 27.5 Å². The van der Waals surface area contributed by atoms with E-state index in [9.17, 15) is 18.0 Å². The second kappa shape index (κ2) is 9.06. The van der Waals surface area contributed by atoms with Crippen molar-refractivity contribution in [2.24, 2.45) is 5.92 Å². The van der Waals surface area contributed by atoms with Gasteiger partial charge in [0.15, 0.2) is 0 Å². The number of likely N-dealkylation sites (tertiary alicyclic amines) is 1. The quantitative estimate of drug-likeness (QED) is 0.606. The Morgan fingerprint density at radius 1 is 1.28 bits per heavy atom. The van der Waals surface area contributed by atoms with E-state index >= 15 is 0 Å². The summed E-state index contributed by atoms with van der Waals surface area (Å²) in [6, 6.07) is 10.1. The Morgan fingerprint density at radius 3 is 2.69 bits per heavy atom. The predicted octanol–water partition coefficient (Wildman–Crippen LogP) is 1.87. The van der Waals surface area contributed by atoms with Gasteiger partial charge in [-0.1, -0.05) is 18.2 Å². The Balaban J connectivity index is 1.54. The zero-order valence-corrected chi connectivity index (χ0v) is 16.7. The topological polar surface area (TPSA) is 109 Å². The number of carbonyl (C=O) groups excluding carboxylic acids is 2. The highest BCUT2D eigenvalue weighted by molar-refractivity contribution is 7.88. The van der Waals surface area contributed by atoms with Crippen molar-refractivity contribution in [2.45, 2.75) is 18.7 Å². The van der Waals surface area contributed by atoms with Gasteiger partial charge in [-0.05, 0) is 29.8 Å². The van der Waals surface area contributed by atoms with E-state index in [4.69, 9.17) is 4.42 Å². The first kappa shape index (κ1) is 20.8. The van der Waals surface area contributed by atoms with Gasteiger partial charge in [0.25, 0.3) is 0 Å². The number of nitrogens with one attached hydrogen (secondary N) is 2. The van der Waals surface area contributed by atoms with Gasteiger partial charge in [-0.3, -0.25) is 9.59 Å². The van der Waals surface area contributed by atoms with Crippen LogP contribution in [0.2, 0.25) is 0 Å². The van der Waals surface area contributed by atoms with Gasteiger partial charge in [-0.25, -0.2) is 13.1 Å². The molecule has 0 radical (unpaired) electrons. The minimum Gasteiger partial charge on any atom is -0.467 e. The normalized spacial score (nSPS) is 16.8. The van der Waals surface area contributed by atoms with Crippen LogP contribution in [-0.4, -0.2) is 38.2 Å². The molecule has 9 heteroatoms. The molecule has 0 saturated carbocycles. The van der Waals surface area contributed by atoms with Gasteiger partial charge in [0.1, 0.15) is 5.76 Å². The van der Waals surface area contributed by atoms with Gasteiger partial charge in [-0.2, -0.15) is 0 Å². The number of sulfonamides is 1. The van der Waals surface area contributed by atoms with Crippen molar-refractivity contribution in [3.63, 3.8) is 0 Å². The zero-order valence-electron chi connectivity index (χ0n) is 15.8. The van der Waals surface area contributed by atoms with Crippen LogP contribution in [0.1, 0.15) is 17.7 Å². The van der Waals surface area contributed by atoms with Crippen LogP contribution >= 0.6 is 0 Å². The number of rotatable bonds is 9. The largest absolute Gasteiger partial charge is 0.467 e. The van der Waals surface area contributed by atoms with Crippen LogP contribution in [0.4, 0.5) is 5.69 Å². The minimum absolute atomic E-state index is 0.0888. The fourth-order valence-corrected chi connectivity index (χ4v) is 4.18. The van der Waals surface area contributed by atoms with E-state index in [1.54, 1.807) is 47.6 Å². The molecule has 154 valence electrons. The maximum absolute atomic E-state index is 12.5. The summed E-state index contributed by atoms with van der Waals surface area (Å²) in [6.45, 7) is 4.32. The van der Waals surface area contributed by atoms with Crippen molar-refractivity contribution in [1.29, 1.82) is 0 Å². The van der Waals surface area contributed by atoms with Crippen LogP contribution in [-0.2, 0) is 31.9 Å². The number of hydrogen-bond acceptors (Lipinski definition) is 5. The molecule has 2 heterocycles. The van der Waals surface area contributed by atoms with Crippen molar-refractivity contribution in [2.75, 3.05) is 18.4 Å². The Labute approximate surface area is 169 Å². The van der Waals surface area contributed by atoms with Crippen LogP contribution in [0.15, 0.2) is 59.7 Å². The average Bonchev–Trinajstić information content (AvgIpc) is 3.32. The maximum atomic E-state index is 12.5. The smallest absolute Gasteiger partial charge is 0.229 e. The summed E-state index contributed by atoms with van der Waals surface area (Å²) < 4.78 is 31.5. The highest BCUT2D eigenvalue weighted by atomic mass is 32.2. The number of amides is 2. The fraction of sp³-hybridized carbons (Fsp3) is 0.300. The molecule has 1 aliphatic rings. The molecule has 2 N–H and O–H groups in total. The predicted molar refractivity (Wildman–Crippen MR) is 108 cm³/mol. The average molecular weight is 417 g/mol. The lowest BCUT2D eigenvalue weighted by Gasteiger charge is -2.15. The number of furan rings is 1. The van der Waals surface area contributed by atoms with Crippen LogP contribution in [0.5, 0.6) is 0 Å². The van der Waals surface area contributed by atoms with Crippen molar-refractivity contribution in [3.05, 3.63) is 66.6 Å². The summed E-state index contributed by atoms with van der Waals surface area (Å²) in [5.74, 6) is -0.260. The SMILES string of the molecule is C=CCNS(=O)(=O)Cc1ccc(NC(=O)C2CC(=O)N(Cc3ccco3)C2)cc1. The van der Waals surface area contributed by atoms with E-state index in [0.717, 1.165) is 0 Å². The third-order valence-corrected chi connectivity index (χ3v) is 5.86. The molecule has 2 aromatic rings. The molecule has 2 amide bonds. The van der Waals surface area contributed by atoms with Gasteiger partial charge in [0.2, 0.25) is 21.8 Å². The summed E-state index contributed by atoms with van der Waals surface area (Å²) in [5, 5.41) is 2.79. The molecule has 1 atom stereocenters. The molecule has 1 fully saturated rings. The Morgan fingerprint density at radius 2 is 2.03 bits per heavy atom. The number of hydrogen-bond donors (Lipinski definition) is 2. The van der Waals surface area contributed by atoms with Crippen molar-refractivity contribution in [3.8, 4) is 0 Å². The molecule has 1 saturated heterocycles. The fourth-order valence-electron chi connectivity index (χ4n) is 3.08. The van der Waals surface area contributed by atoms with Gasteiger partial charge in [-0.15, -0.1) is 6.58 Å². The highest BCUT2D eigenvalue weighted by Gasteiger charge is 2.34. The first-order valence-electron chi connectivity index (χ1n) is 9.14. The van der Waals surface area contributed by atoms with E-state index in [0.29, 0.717) is 30.1 Å². The van der Waals surface area contributed by atoms with E-state index in [1.165, 1.54) is 6.08 Å². The maximum Gasteiger partial charge on any atom is 0.229 e. The Kier molecular flexibility index (Phi) is 6.50. The van der Waals surface area contributed by atoms with Crippen LogP contribution in [0, 0.1) is 5.92 Å². The number of nitrogens with zero attached hydrogens (tertiary/aromatic N) is 1. The molecule has 0 spiro atoms. The summed E-state index contributed by atoms with van der Waals surface area (Å²) in [7, 11) is -3.44.